The Hall–Kier alpha value is -1.76. The van der Waals surface area contributed by atoms with Crippen LogP contribution in [0.15, 0.2) is 41.3 Å². The van der Waals surface area contributed by atoms with Crippen LogP contribution in [0.1, 0.15) is 24.5 Å². The van der Waals surface area contributed by atoms with Crippen LogP contribution >= 0.6 is 11.6 Å². The second-order valence-corrected chi connectivity index (χ2v) is 8.96. The molecule has 26 heavy (non-hydrogen) atoms. The van der Waals surface area contributed by atoms with Gasteiger partial charge < -0.3 is 14.2 Å². The Morgan fingerprint density at radius 3 is 2.92 bits per heavy atom. The van der Waals surface area contributed by atoms with Gasteiger partial charge in [-0.15, -0.1) is 0 Å². The quantitative estimate of drug-likeness (QED) is 0.809. The van der Waals surface area contributed by atoms with Gasteiger partial charge in [-0.05, 0) is 55.8 Å². The van der Waals surface area contributed by atoms with Crippen molar-refractivity contribution < 1.29 is 17.3 Å². The Bertz CT molecular complexity index is 975. The molecule has 2 atom stereocenters. The van der Waals surface area contributed by atoms with E-state index in [1.165, 1.54) is 6.07 Å². The molecule has 2 aliphatic rings. The predicted octanol–water partition coefficient (Wildman–Crippen LogP) is 3.43. The molecule has 4 rings (SSSR count). The van der Waals surface area contributed by atoms with Crippen molar-refractivity contribution in [2.24, 2.45) is 0 Å². The zero-order valence-corrected chi connectivity index (χ0v) is 16.2. The number of benzene rings is 2. The molecule has 5 nitrogen and oxygen atoms in total. The number of nitrogens with one attached hydrogen (secondary N) is 1. The number of ether oxygens (including phenoxy) is 1. The Labute approximate surface area is 158 Å². The summed E-state index contributed by atoms with van der Waals surface area (Å²) in [5, 5.41) is 3.73. The molecular weight excluding hydrogens is 374 g/mol. The van der Waals surface area contributed by atoms with E-state index in [2.05, 4.69) is 12.2 Å². The average Bonchev–Trinajstić information content (AvgIpc) is 2.89. The summed E-state index contributed by atoms with van der Waals surface area (Å²) in [5.74, 6) is 1.08. The second kappa shape index (κ2) is 6.15. The van der Waals surface area contributed by atoms with Gasteiger partial charge >= 0.3 is 10.1 Å². The van der Waals surface area contributed by atoms with Crippen molar-refractivity contribution in [2.75, 3.05) is 13.1 Å². The number of rotatable bonds is 3. The fourth-order valence-electron chi connectivity index (χ4n) is 3.74. The van der Waals surface area contributed by atoms with E-state index in [1.54, 1.807) is 37.3 Å². The molecule has 1 saturated heterocycles. The first-order valence-corrected chi connectivity index (χ1v) is 10.3. The third-order valence-electron chi connectivity index (χ3n) is 5.39. The molecule has 2 aromatic rings. The lowest BCUT2D eigenvalue weighted by Crippen LogP contribution is -2.49. The van der Waals surface area contributed by atoms with Gasteiger partial charge in [-0.1, -0.05) is 24.6 Å². The Balaban J connectivity index is 1.69. The highest BCUT2D eigenvalue weighted by molar-refractivity contribution is 7.87. The molecule has 1 fully saturated rings. The summed E-state index contributed by atoms with van der Waals surface area (Å²) in [5.41, 5.74) is 1.33. The van der Waals surface area contributed by atoms with Crippen molar-refractivity contribution in [1.82, 2.24) is 5.32 Å². The molecule has 1 N–H and O–H groups in total. The van der Waals surface area contributed by atoms with E-state index in [-0.39, 0.29) is 22.2 Å². The van der Waals surface area contributed by atoms with Crippen LogP contribution in [0.5, 0.6) is 11.5 Å². The molecule has 7 heteroatoms. The minimum Gasteiger partial charge on any atom is -0.488 e. The monoisotopic (exact) mass is 393 g/mol. The normalized spacial score (nSPS) is 24.5. The van der Waals surface area contributed by atoms with E-state index in [0.717, 1.165) is 30.8 Å². The zero-order valence-electron chi connectivity index (χ0n) is 14.6. The van der Waals surface area contributed by atoms with Crippen molar-refractivity contribution >= 4 is 21.7 Å². The van der Waals surface area contributed by atoms with E-state index in [0.29, 0.717) is 10.6 Å². The van der Waals surface area contributed by atoms with Crippen LogP contribution in [0.25, 0.3) is 0 Å². The van der Waals surface area contributed by atoms with E-state index in [4.69, 9.17) is 20.5 Å². The fraction of sp³-hybridized carbons (Fsp3) is 0.368. The maximum atomic E-state index is 12.7. The SMILES string of the molecule is Cc1c(Cl)cccc1S(=O)(=O)Oc1ccc2c(c1)C1(C)CCNCC1O2. The van der Waals surface area contributed by atoms with Gasteiger partial charge in [-0.3, -0.25) is 0 Å². The van der Waals surface area contributed by atoms with Gasteiger partial charge in [0.25, 0.3) is 0 Å². The smallest absolute Gasteiger partial charge is 0.339 e. The number of hydrogen-bond donors (Lipinski definition) is 1. The fourth-order valence-corrected chi connectivity index (χ4v) is 5.15. The molecule has 0 aromatic heterocycles. The van der Waals surface area contributed by atoms with Gasteiger partial charge in [-0.25, -0.2) is 0 Å². The molecule has 0 aliphatic carbocycles. The number of piperidine rings is 1. The van der Waals surface area contributed by atoms with Gasteiger partial charge in [0.2, 0.25) is 0 Å². The second-order valence-electron chi connectivity index (χ2n) is 7.04. The zero-order chi connectivity index (χ0) is 18.5. The summed E-state index contributed by atoms with van der Waals surface area (Å²) >= 11 is 6.05. The van der Waals surface area contributed by atoms with Crippen molar-refractivity contribution in [2.45, 2.75) is 36.7 Å². The van der Waals surface area contributed by atoms with Crippen LogP contribution in [-0.4, -0.2) is 27.6 Å². The summed E-state index contributed by atoms with van der Waals surface area (Å²) in [6.45, 7) is 5.50. The van der Waals surface area contributed by atoms with Crippen LogP contribution in [-0.2, 0) is 15.5 Å². The first-order valence-electron chi connectivity index (χ1n) is 8.53. The minimum absolute atomic E-state index is 0.0493. The molecule has 2 aromatic carbocycles. The molecule has 2 heterocycles. The van der Waals surface area contributed by atoms with Crippen LogP contribution in [0.3, 0.4) is 0 Å². The van der Waals surface area contributed by atoms with Gasteiger partial charge in [0, 0.05) is 22.5 Å². The third-order valence-corrected chi connectivity index (χ3v) is 7.19. The molecule has 2 unspecified atom stereocenters. The largest absolute Gasteiger partial charge is 0.488 e. The van der Waals surface area contributed by atoms with Crippen LogP contribution in [0.2, 0.25) is 5.02 Å². The maximum absolute atomic E-state index is 12.7. The lowest BCUT2D eigenvalue weighted by Gasteiger charge is -2.35. The summed E-state index contributed by atoms with van der Waals surface area (Å²) in [6.07, 6.45) is 0.974. The lowest BCUT2D eigenvalue weighted by molar-refractivity contribution is 0.124. The van der Waals surface area contributed by atoms with Crippen LogP contribution < -0.4 is 14.2 Å². The van der Waals surface area contributed by atoms with Gasteiger partial charge in [-0.2, -0.15) is 8.42 Å². The van der Waals surface area contributed by atoms with E-state index >= 15 is 0 Å². The Kier molecular flexibility index (Phi) is 4.17. The first-order chi connectivity index (χ1) is 12.3. The van der Waals surface area contributed by atoms with Crippen molar-refractivity contribution in [3.63, 3.8) is 0 Å². The summed E-state index contributed by atoms with van der Waals surface area (Å²) in [6, 6.07) is 9.96. The van der Waals surface area contributed by atoms with Gasteiger partial charge in [0.05, 0.1) is 0 Å². The lowest BCUT2D eigenvalue weighted by atomic mass is 9.74. The topological polar surface area (TPSA) is 64.6 Å². The number of fused-ring (bicyclic) bond motifs is 3. The van der Waals surface area contributed by atoms with E-state index in [1.807, 2.05) is 0 Å². The van der Waals surface area contributed by atoms with Crippen LogP contribution in [0.4, 0.5) is 0 Å². The van der Waals surface area contributed by atoms with Crippen molar-refractivity contribution in [3.8, 4) is 11.5 Å². The van der Waals surface area contributed by atoms with Gasteiger partial charge in [0.1, 0.15) is 22.5 Å². The summed E-state index contributed by atoms with van der Waals surface area (Å²) < 4.78 is 36.9. The summed E-state index contributed by atoms with van der Waals surface area (Å²) in [7, 11) is -3.97. The number of hydrogen-bond acceptors (Lipinski definition) is 5. The average molecular weight is 394 g/mol. The molecule has 0 radical (unpaired) electrons. The number of halogens is 1. The summed E-state index contributed by atoms with van der Waals surface area (Å²) in [4.78, 5) is 0.0766. The molecule has 0 saturated carbocycles. The first kappa shape index (κ1) is 17.6. The standard InChI is InChI=1S/C19H20ClNO4S/c1-12-15(20)4-3-5-17(12)26(22,23)25-13-6-7-16-14(10-13)19(2)8-9-21-11-18(19)24-16/h3-7,10,18,21H,8-9,11H2,1-2H3. The highest BCUT2D eigenvalue weighted by atomic mass is 35.5. The van der Waals surface area contributed by atoms with Gasteiger partial charge in [0.15, 0.2) is 0 Å². The third kappa shape index (κ3) is 2.76. The predicted molar refractivity (Wildman–Crippen MR) is 99.7 cm³/mol. The molecule has 0 amide bonds. The molecule has 0 bridgehead atoms. The molecule has 2 aliphatic heterocycles. The molecule has 0 spiro atoms. The molecular formula is C19H20ClNO4S. The minimum atomic E-state index is -3.97. The van der Waals surface area contributed by atoms with Crippen LogP contribution in [0, 0.1) is 6.92 Å². The van der Waals surface area contributed by atoms with E-state index < -0.39 is 10.1 Å². The van der Waals surface area contributed by atoms with Crippen molar-refractivity contribution in [3.05, 3.63) is 52.5 Å². The van der Waals surface area contributed by atoms with E-state index in [9.17, 15) is 8.42 Å². The highest BCUT2D eigenvalue weighted by Gasteiger charge is 2.46. The van der Waals surface area contributed by atoms with Crippen molar-refractivity contribution in [1.29, 1.82) is 0 Å². The maximum Gasteiger partial charge on any atom is 0.339 e. The Morgan fingerprint density at radius 1 is 1.31 bits per heavy atom. The Morgan fingerprint density at radius 2 is 2.12 bits per heavy atom. The molecule has 138 valence electrons. The highest BCUT2D eigenvalue weighted by Crippen LogP contribution is 2.47.